The maximum absolute atomic E-state index is 12.5. The summed E-state index contributed by atoms with van der Waals surface area (Å²) in [5.41, 5.74) is 0.408. The van der Waals surface area contributed by atoms with E-state index in [0.29, 0.717) is 23.3 Å². The summed E-state index contributed by atoms with van der Waals surface area (Å²) in [6, 6.07) is 4.69. The summed E-state index contributed by atoms with van der Waals surface area (Å²) in [7, 11) is 2.94. The van der Waals surface area contributed by atoms with Gasteiger partial charge in [-0.1, -0.05) is 0 Å². The third-order valence-corrected chi connectivity index (χ3v) is 2.34. The van der Waals surface area contributed by atoms with Crippen LogP contribution >= 0.6 is 15.9 Å². The van der Waals surface area contributed by atoms with Crippen molar-refractivity contribution in [1.82, 2.24) is 0 Å². The summed E-state index contributed by atoms with van der Waals surface area (Å²) in [6.07, 6.45) is 1.19. The van der Waals surface area contributed by atoms with Crippen molar-refractivity contribution in [3.8, 4) is 11.5 Å². The summed E-state index contributed by atoms with van der Waals surface area (Å²) < 4.78 is 35.0. The number of anilines is 1. The smallest absolute Gasteiger partial charge is 0.320 e. The summed E-state index contributed by atoms with van der Waals surface area (Å²) in [6.45, 7) is 0. The SMILES string of the molecule is COc1ccc(NC(=O)C=CC(F)(F)Br)cc1OC. The van der Waals surface area contributed by atoms with Crippen LogP contribution in [0.4, 0.5) is 14.5 Å². The first-order chi connectivity index (χ1) is 8.85. The quantitative estimate of drug-likeness (QED) is 0.664. The Bertz CT molecular complexity index is 486. The average Bonchev–Trinajstić information content (AvgIpc) is 2.35. The largest absolute Gasteiger partial charge is 0.493 e. The second-order valence-electron chi connectivity index (χ2n) is 3.43. The summed E-state index contributed by atoms with van der Waals surface area (Å²) >= 11 is 2.10. The second kappa shape index (κ2) is 6.51. The molecule has 7 heteroatoms. The molecule has 19 heavy (non-hydrogen) atoms. The van der Waals surface area contributed by atoms with Crippen molar-refractivity contribution in [2.45, 2.75) is 4.83 Å². The first kappa shape index (κ1) is 15.4. The third kappa shape index (κ3) is 5.25. The van der Waals surface area contributed by atoms with Crippen LogP contribution in [-0.2, 0) is 4.79 Å². The van der Waals surface area contributed by atoms with E-state index >= 15 is 0 Å². The fourth-order valence-corrected chi connectivity index (χ4v) is 1.40. The number of ether oxygens (including phenoxy) is 2. The van der Waals surface area contributed by atoms with E-state index in [9.17, 15) is 13.6 Å². The molecule has 0 radical (unpaired) electrons. The predicted molar refractivity (Wildman–Crippen MR) is 71.2 cm³/mol. The molecule has 4 nitrogen and oxygen atoms in total. The molecular formula is C12H12BrF2NO3. The van der Waals surface area contributed by atoms with Gasteiger partial charge in [-0.2, -0.15) is 8.78 Å². The van der Waals surface area contributed by atoms with E-state index < -0.39 is 10.7 Å². The Morgan fingerprint density at radius 2 is 1.95 bits per heavy atom. The van der Waals surface area contributed by atoms with Gasteiger partial charge in [0.05, 0.1) is 14.2 Å². The summed E-state index contributed by atoms with van der Waals surface area (Å²) in [5, 5.41) is 2.43. The molecule has 0 atom stereocenters. The van der Waals surface area contributed by atoms with Crippen molar-refractivity contribution in [2.75, 3.05) is 19.5 Å². The molecule has 0 fully saturated rings. The Balaban J connectivity index is 2.78. The highest BCUT2D eigenvalue weighted by molar-refractivity contribution is 9.10. The molecule has 0 aliphatic carbocycles. The number of methoxy groups -OCH3 is 2. The van der Waals surface area contributed by atoms with Gasteiger partial charge >= 0.3 is 4.83 Å². The summed E-state index contributed by atoms with van der Waals surface area (Å²) in [5.74, 6) is 0.254. The van der Waals surface area contributed by atoms with Crippen molar-refractivity contribution in [3.05, 3.63) is 30.4 Å². The number of nitrogens with one attached hydrogen (secondary N) is 1. The highest BCUT2D eigenvalue weighted by atomic mass is 79.9. The van der Waals surface area contributed by atoms with Crippen LogP contribution in [0, 0.1) is 0 Å². The number of allylic oxidation sites excluding steroid dienone is 1. The second-order valence-corrected chi connectivity index (χ2v) is 4.49. The molecule has 0 saturated heterocycles. The molecule has 1 aromatic rings. The van der Waals surface area contributed by atoms with Crippen molar-refractivity contribution in [3.63, 3.8) is 0 Å². The lowest BCUT2D eigenvalue weighted by molar-refractivity contribution is -0.112. The zero-order chi connectivity index (χ0) is 14.5. The first-order valence-corrected chi connectivity index (χ1v) is 5.94. The van der Waals surface area contributed by atoms with Gasteiger partial charge in [-0.3, -0.25) is 4.79 Å². The molecule has 104 valence electrons. The van der Waals surface area contributed by atoms with E-state index in [0.717, 1.165) is 6.08 Å². The van der Waals surface area contributed by atoms with Gasteiger partial charge in [-0.05, 0) is 28.1 Å². The third-order valence-electron chi connectivity index (χ3n) is 2.07. The molecule has 1 aromatic carbocycles. The van der Waals surface area contributed by atoms with Gasteiger partial charge in [-0.15, -0.1) is 0 Å². The summed E-state index contributed by atoms with van der Waals surface area (Å²) in [4.78, 5) is 8.18. The lowest BCUT2D eigenvalue weighted by Crippen LogP contribution is -2.10. The Kier molecular flexibility index (Phi) is 5.29. The molecule has 1 amide bonds. The molecule has 0 aliphatic heterocycles. The maximum atomic E-state index is 12.5. The minimum atomic E-state index is -3.21. The highest BCUT2D eigenvalue weighted by Crippen LogP contribution is 2.29. The maximum Gasteiger partial charge on any atom is 0.320 e. The topological polar surface area (TPSA) is 47.6 Å². The zero-order valence-corrected chi connectivity index (χ0v) is 11.8. The van der Waals surface area contributed by atoms with Gasteiger partial charge in [0.15, 0.2) is 11.5 Å². The number of halogens is 3. The number of benzene rings is 1. The number of alkyl halides is 3. The Hall–Kier alpha value is -1.63. The number of carbonyl (C=O) groups is 1. The Morgan fingerprint density at radius 3 is 2.47 bits per heavy atom. The molecular weight excluding hydrogens is 324 g/mol. The van der Waals surface area contributed by atoms with E-state index in [-0.39, 0.29) is 0 Å². The van der Waals surface area contributed by atoms with Crippen molar-refractivity contribution in [1.29, 1.82) is 0 Å². The lowest BCUT2D eigenvalue weighted by Gasteiger charge is -2.09. The number of rotatable bonds is 5. The van der Waals surface area contributed by atoms with Gasteiger partial charge in [0.25, 0.3) is 0 Å². The fourth-order valence-electron chi connectivity index (χ4n) is 1.27. The number of hydrogen-bond donors (Lipinski definition) is 1. The van der Waals surface area contributed by atoms with Gasteiger partial charge in [0, 0.05) is 23.9 Å². The molecule has 1 rings (SSSR count). The van der Waals surface area contributed by atoms with E-state index in [4.69, 9.17) is 9.47 Å². The molecule has 1 N–H and O–H groups in total. The van der Waals surface area contributed by atoms with E-state index in [1.807, 2.05) is 0 Å². The van der Waals surface area contributed by atoms with Crippen LogP contribution in [0.15, 0.2) is 30.4 Å². The number of carbonyl (C=O) groups excluding carboxylic acids is 1. The number of amides is 1. The van der Waals surface area contributed by atoms with Crippen LogP contribution in [-0.4, -0.2) is 25.0 Å². The first-order valence-electron chi connectivity index (χ1n) is 5.14. The van der Waals surface area contributed by atoms with Crippen LogP contribution < -0.4 is 14.8 Å². The van der Waals surface area contributed by atoms with Crippen molar-refractivity contribution < 1.29 is 23.0 Å². The molecule has 0 aliphatic rings. The van der Waals surface area contributed by atoms with Crippen LogP contribution in [0.1, 0.15) is 0 Å². The van der Waals surface area contributed by atoms with Crippen LogP contribution in [0.25, 0.3) is 0 Å². The van der Waals surface area contributed by atoms with Crippen molar-refractivity contribution >= 4 is 27.5 Å². The van der Waals surface area contributed by atoms with Gasteiger partial charge in [0.2, 0.25) is 5.91 Å². The molecule has 0 unspecified atom stereocenters. The minimum absolute atomic E-state index is 0.408. The predicted octanol–water partition coefficient (Wildman–Crippen LogP) is 3.19. The molecule has 0 saturated carbocycles. The molecule has 0 spiro atoms. The lowest BCUT2D eigenvalue weighted by atomic mass is 10.2. The average molecular weight is 336 g/mol. The Labute approximate surface area is 117 Å². The van der Waals surface area contributed by atoms with Crippen molar-refractivity contribution in [2.24, 2.45) is 0 Å². The Morgan fingerprint density at radius 1 is 1.32 bits per heavy atom. The standard InChI is InChI=1S/C12H12BrF2NO3/c1-18-9-4-3-8(7-10(9)19-2)16-11(17)5-6-12(13,14)15/h3-7H,1-2H3,(H,16,17). The normalized spacial score (nSPS) is 11.4. The van der Waals surface area contributed by atoms with E-state index in [1.165, 1.54) is 20.3 Å². The van der Waals surface area contributed by atoms with Crippen LogP contribution in [0.2, 0.25) is 0 Å². The van der Waals surface area contributed by atoms with Gasteiger partial charge < -0.3 is 14.8 Å². The molecule has 0 bridgehead atoms. The van der Waals surface area contributed by atoms with Gasteiger partial charge in [0.1, 0.15) is 0 Å². The van der Waals surface area contributed by atoms with E-state index in [2.05, 4.69) is 21.2 Å². The van der Waals surface area contributed by atoms with Crippen LogP contribution in [0.5, 0.6) is 11.5 Å². The van der Waals surface area contributed by atoms with Gasteiger partial charge in [-0.25, -0.2) is 0 Å². The van der Waals surface area contributed by atoms with E-state index in [1.54, 1.807) is 12.1 Å². The number of hydrogen-bond acceptors (Lipinski definition) is 3. The molecule has 0 heterocycles. The zero-order valence-electron chi connectivity index (χ0n) is 10.2. The highest BCUT2D eigenvalue weighted by Gasteiger charge is 2.19. The monoisotopic (exact) mass is 335 g/mol. The minimum Gasteiger partial charge on any atom is -0.493 e. The van der Waals surface area contributed by atoms with Crippen LogP contribution in [0.3, 0.4) is 0 Å². The fraction of sp³-hybridized carbons (Fsp3) is 0.250. The molecule has 0 aromatic heterocycles.